The first-order valence-electron chi connectivity index (χ1n) is 7.09. The van der Waals surface area contributed by atoms with Gasteiger partial charge in [-0.25, -0.2) is 9.97 Å². The highest BCUT2D eigenvalue weighted by Crippen LogP contribution is 2.26. The minimum Gasteiger partial charge on any atom is -0.449 e. The highest BCUT2D eigenvalue weighted by Gasteiger charge is 2.27. The maximum atomic E-state index is 12.1. The molecule has 0 spiro atoms. The lowest BCUT2D eigenvalue weighted by atomic mass is 9.96. The van der Waals surface area contributed by atoms with E-state index >= 15 is 0 Å². The van der Waals surface area contributed by atoms with E-state index in [1.54, 1.807) is 28.9 Å². The number of piperidine rings is 1. The Morgan fingerprint density at radius 3 is 2.77 bits per heavy atom. The van der Waals surface area contributed by atoms with Gasteiger partial charge in [0.1, 0.15) is 12.7 Å². The van der Waals surface area contributed by atoms with Crippen LogP contribution < -0.4 is 5.32 Å². The van der Waals surface area contributed by atoms with E-state index in [2.05, 4.69) is 15.3 Å². The first kappa shape index (κ1) is 14.7. The summed E-state index contributed by atoms with van der Waals surface area (Å²) in [5.41, 5.74) is 0. The van der Waals surface area contributed by atoms with E-state index in [1.165, 1.54) is 11.3 Å². The van der Waals surface area contributed by atoms with Crippen LogP contribution >= 0.6 is 11.3 Å². The Morgan fingerprint density at radius 2 is 2.14 bits per heavy atom. The molecule has 0 saturated carbocycles. The van der Waals surface area contributed by atoms with E-state index in [0.717, 1.165) is 18.7 Å². The molecule has 22 heavy (non-hydrogen) atoms. The summed E-state index contributed by atoms with van der Waals surface area (Å²) in [6.07, 6.45) is 6.27. The molecular formula is C14H16N4O3S. The number of nitrogens with one attached hydrogen (secondary N) is 1. The standard InChI is InChI=1S/C14H16N4O3S/c19-11(17-14-16-4-8-22-14)9-12(20)18-5-1-10(2-6-18)13-15-3-7-21-13/h3-4,7-8,10H,1-2,5-6,9H2,(H,16,17,19). The second-order valence-electron chi connectivity index (χ2n) is 5.09. The molecule has 1 aliphatic heterocycles. The van der Waals surface area contributed by atoms with E-state index in [9.17, 15) is 9.59 Å². The molecule has 1 N–H and O–H groups in total. The van der Waals surface area contributed by atoms with Crippen LogP contribution in [0.1, 0.15) is 31.1 Å². The van der Waals surface area contributed by atoms with Crippen molar-refractivity contribution in [2.24, 2.45) is 0 Å². The Hall–Kier alpha value is -2.22. The third-order valence-corrected chi connectivity index (χ3v) is 4.33. The number of likely N-dealkylation sites (tertiary alicyclic amines) is 1. The Labute approximate surface area is 131 Å². The monoisotopic (exact) mass is 320 g/mol. The molecule has 3 heterocycles. The summed E-state index contributed by atoms with van der Waals surface area (Å²) in [7, 11) is 0. The number of carbonyl (C=O) groups is 2. The molecule has 8 heteroatoms. The van der Waals surface area contributed by atoms with Crippen molar-refractivity contribution in [3.63, 3.8) is 0 Å². The number of carbonyl (C=O) groups excluding carboxylic acids is 2. The van der Waals surface area contributed by atoms with Crippen LogP contribution in [0.4, 0.5) is 5.13 Å². The summed E-state index contributed by atoms with van der Waals surface area (Å²) < 4.78 is 5.31. The molecule has 1 aliphatic rings. The summed E-state index contributed by atoms with van der Waals surface area (Å²) in [6.45, 7) is 1.24. The molecule has 0 unspecified atom stereocenters. The molecular weight excluding hydrogens is 304 g/mol. The van der Waals surface area contributed by atoms with Crippen molar-refractivity contribution in [1.29, 1.82) is 0 Å². The maximum absolute atomic E-state index is 12.1. The van der Waals surface area contributed by atoms with Gasteiger partial charge in [0.25, 0.3) is 0 Å². The maximum Gasteiger partial charge on any atom is 0.235 e. The molecule has 0 bridgehead atoms. The van der Waals surface area contributed by atoms with Crippen LogP contribution in [0.2, 0.25) is 0 Å². The van der Waals surface area contributed by atoms with Gasteiger partial charge in [0.2, 0.25) is 11.8 Å². The topological polar surface area (TPSA) is 88.3 Å². The van der Waals surface area contributed by atoms with Crippen LogP contribution in [-0.4, -0.2) is 39.8 Å². The van der Waals surface area contributed by atoms with Gasteiger partial charge in [-0.1, -0.05) is 0 Å². The zero-order valence-corrected chi connectivity index (χ0v) is 12.7. The van der Waals surface area contributed by atoms with Crippen LogP contribution in [0, 0.1) is 0 Å². The lowest BCUT2D eigenvalue weighted by molar-refractivity contribution is -0.135. The molecule has 0 atom stereocenters. The molecule has 7 nitrogen and oxygen atoms in total. The zero-order chi connectivity index (χ0) is 15.4. The molecule has 2 aromatic rings. The van der Waals surface area contributed by atoms with Crippen molar-refractivity contribution in [3.05, 3.63) is 29.9 Å². The quantitative estimate of drug-likeness (QED) is 0.869. The van der Waals surface area contributed by atoms with Crippen molar-refractivity contribution in [3.8, 4) is 0 Å². The SMILES string of the molecule is O=C(CC(=O)N1CCC(c2ncco2)CC1)Nc1nccs1. The minimum atomic E-state index is -0.324. The lowest BCUT2D eigenvalue weighted by Crippen LogP contribution is -2.39. The Kier molecular flexibility index (Phi) is 4.47. The van der Waals surface area contributed by atoms with Crippen LogP contribution in [0.15, 0.2) is 28.5 Å². The van der Waals surface area contributed by atoms with Gasteiger partial charge in [0, 0.05) is 30.6 Å². The number of aromatic nitrogens is 2. The predicted molar refractivity (Wildman–Crippen MR) is 80.4 cm³/mol. The van der Waals surface area contributed by atoms with E-state index in [4.69, 9.17) is 4.42 Å². The van der Waals surface area contributed by atoms with Crippen molar-refractivity contribution in [2.45, 2.75) is 25.2 Å². The third-order valence-electron chi connectivity index (χ3n) is 3.64. The predicted octanol–water partition coefficient (Wildman–Crippen LogP) is 1.87. The molecule has 3 rings (SSSR count). The fourth-order valence-corrected chi connectivity index (χ4v) is 3.05. The Balaban J connectivity index is 1.46. The smallest absolute Gasteiger partial charge is 0.235 e. The first-order valence-corrected chi connectivity index (χ1v) is 7.97. The van der Waals surface area contributed by atoms with Crippen molar-refractivity contribution < 1.29 is 14.0 Å². The van der Waals surface area contributed by atoms with Crippen molar-refractivity contribution in [1.82, 2.24) is 14.9 Å². The van der Waals surface area contributed by atoms with Crippen molar-refractivity contribution in [2.75, 3.05) is 18.4 Å². The fraction of sp³-hybridized carbons (Fsp3) is 0.429. The van der Waals surface area contributed by atoms with Crippen LogP contribution in [-0.2, 0) is 9.59 Å². The number of nitrogens with zero attached hydrogens (tertiary/aromatic N) is 3. The number of rotatable bonds is 4. The lowest BCUT2D eigenvalue weighted by Gasteiger charge is -2.30. The molecule has 0 aliphatic carbocycles. The van der Waals surface area contributed by atoms with E-state index in [0.29, 0.717) is 18.2 Å². The molecule has 0 aromatic carbocycles. The highest BCUT2D eigenvalue weighted by molar-refractivity contribution is 7.13. The van der Waals surface area contributed by atoms with Crippen LogP contribution in [0.25, 0.3) is 0 Å². The summed E-state index contributed by atoms with van der Waals surface area (Å²) in [5.74, 6) is 0.506. The third kappa shape index (κ3) is 3.51. The fourth-order valence-electron chi connectivity index (χ4n) is 2.51. The summed E-state index contributed by atoms with van der Waals surface area (Å²) in [6, 6.07) is 0. The van der Waals surface area contributed by atoms with E-state index < -0.39 is 0 Å². The van der Waals surface area contributed by atoms with Crippen LogP contribution in [0.5, 0.6) is 0 Å². The van der Waals surface area contributed by atoms with Gasteiger partial charge in [-0.05, 0) is 12.8 Å². The van der Waals surface area contributed by atoms with Gasteiger partial charge in [0.15, 0.2) is 11.0 Å². The highest BCUT2D eigenvalue weighted by atomic mass is 32.1. The minimum absolute atomic E-state index is 0.150. The second-order valence-corrected chi connectivity index (χ2v) is 5.98. The normalized spacial score (nSPS) is 15.7. The van der Waals surface area contributed by atoms with Crippen molar-refractivity contribution >= 4 is 28.3 Å². The van der Waals surface area contributed by atoms with E-state index in [1.807, 2.05) is 0 Å². The number of amides is 2. The number of anilines is 1. The summed E-state index contributed by atoms with van der Waals surface area (Å²) in [5, 5.41) is 4.90. The molecule has 2 aromatic heterocycles. The zero-order valence-electron chi connectivity index (χ0n) is 11.9. The Morgan fingerprint density at radius 1 is 1.32 bits per heavy atom. The Bertz CT molecular complexity index is 619. The number of hydrogen-bond acceptors (Lipinski definition) is 6. The molecule has 1 saturated heterocycles. The van der Waals surface area contributed by atoms with Gasteiger partial charge >= 0.3 is 0 Å². The average molecular weight is 320 g/mol. The number of hydrogen-bond donors (Lipinski definition) is 1. The first-order chi connectivity index (χ1) is 10.7. The van der Waals surface area contributed by atoms with Gasteiger partial charge in [-0.15, -0.1) is 11.3 Å². The summed E-state index contributed by atoms with van der Waals surface area (Å²) >= 11 is 1.33. The van der Waals surface area contributed by atoms with Gasteiger partial charge in [0.05, 0.1) is 6.20 Å². The van der Waals surface area contributed by atoms with Gasteiger partial charge in [-0.2, -0.15) is 0 Å². The average Bonchev–Trinajstić information content (AvgIpc) is 3.20. The largest absolute Gasteiger partial charge is 0.449 e. The molecule has 0 radical (unpaired) electrons. The second kappa shape index (κ2) is 6.69. The van der Waals surface area contributed by atoms with Gasteiger partial charge < -0.3 is 14.6 Å². The summed E-state index contributed by atoms with van der Waals surface area (Å²) in [4.78, 5) is 33.8. The van der Waals surface area contributed by atoms with Gasteiger partial charge in [-0.3, -0.25) is 9.59 Å². The van der Waals surface area contributed by atoms with Crippen LogP contribution in [0.3, 0.4) is 0 Å². The molecule has 2 amide bonds. The van der Waals surface area contributed by atoms with E-state index in [-0.39, 0.29) is 24.2 Å². The number of thiazole rings is 1. The number of oxazole rings is 1. The molecule has 1 fully saturated rings. The molecule has 116 valence electrons.